The van der Waals surface area contributed by atoms with Crippen LogP contribution in [0.5, 0.6) is 0 Å². The number of hydrogen-bond acceptors (Lipinski definition) is 4. The second kappa shape index (κ2) is 7.58. The fourth-order valence-electron chi connectivity index (χ4n) is 2.33. The predicted molar refractivity (Wildman–Crippen MR) is 92.9 cm³/mol. The Labute approximate surface area is 146 Å². The SMILES string of the molecule is CC(=O)c1ccc(S(=O)(=O)N[C@H](CC(=O)O)c2ccc(C)cc2)cc1. The summed E-state index contributed by atoms with van der Waals surface area (Å²) in [6.45, 7) is 3.28. The van der Waals surface area contributed by atoms with Gasteiger partial charge in [0.25, 0.3) is 0 Å². The van der Waals surface area contributed by atoms with E-state index in [0.717, 1.165) is 5.56 Å². The van der Waals surface area contributed by atoms with Crippen LogP contribution in [0.25, 0.3) is 0 Å². The van der Waals surface area contributed by atoms with Gasteiger partial charge in [0.15, 0.2) is 5.78 Å². The molecule has 0 aliphatic carbocycles. The molecule has 1 atom stereocenters. The first kappa shape index (κ1) is 18.8. The lowest BCUT2D eigenvalue weighted by Gasteiger charge is -2.18. The van der Waals surface area contributed by atoms with Crippen LogP contribution in [-0.2, 0) is 14.8 Å². The van der Waals surface area contributed by atoms with E-state index in [1.54, 1.807) is 24.3 Å². The molecule has 0 amide bonds. The fourth-order valence-corrected chi connectivity index (χ4v) is 3.55. The number of carboxylic acid groups (broad SMARTS) is 1. The number of Topliss-reactive ketones (excluding diaryl/α,β-unsaturated/α-hetero) is 1. The van der Waals surface area contributed by atoms with Gasteiger partial charge in [-0.05, 0) is 31.5 Å². The minimum atomic E-state index is -3.93. The Balaban J connectivity index is 2.31. The van der Waals surface area contributed by atoms with Gasteiger partial charge in [-0.25, -0.2) is 13.1 Å². The Hall–Kier alpha value is -2.51. The Morgan fingerprint density at radius 1 is 1.04 bits per heavy atom. The summed E-state index contributed by atoms with van der Waals surface area (Å²) >= 11 is 0. The molecule has 0 aliphatic heterocycles. The van der Waals surface area contributed by atoms with E-state index in [1.165, 1.54) is 31.2 Å². The van der Waals surface area contributed by atoms with Gasteiger partial charge in [0, 0.05) is 5.56 Å². The van der Waals surface area contributed by atoms with E-state index in [1.807, 2.05) is 6.92 Å². The molecule has 0 spiro atoms. The summed E-state index contributed by atoms with van der Waals surface area (Å²) in [5.74, 6) is -1.28. The zero-order valence-electron chi connectivity index (χ0n) is 13.9. The maximum atomic E-state index is 12.6. The zero-order valence-corrected chi connectivity index (χ0v) is 14.7. The van der Waals surface area contributed by atoms with E-state index >= 15 is 0 Å². The van der Waals surface area contributed by atoms with Crippen molar-refractivity contribution in [3.63, 3.8) is 0 Å². The second-order valence-electron chi connectivity index (χ2n) is 5.76. The lowest BCUT2D eigenvalue weighted by molar-refractivity contribution is -0.137. The zero-order chi connectivity index (χ0) is 18.6. The van der Waals surface area contributed by atoms with Crippen LogP contribution in [0.1, 0.15) is 40.9 Å². The lowest BCUT2D eigenvalue weighted by atomic mass is 10.0. The Morgan fingerprint density at radius 2 is 1.60 bits per heavy atom. The van der Waals surface area contributed by atoms with E-state index in [4.69, 9.17) is 5.11 Å². The molecule has 0 saturated carbocycles. The minimum Gasteiger partial charge on any atom is -0.481 e. The molecule has 0 bridgehead atoms. The Kier molecular flexibility index (Phi) is 5.71. The molecule has 0 aliphatic rings. The monoisotopic (exact) mass is 361 g/mol. The van der Waals surface area contributed by atoms with Crippen molar-refractivity contribution in [3.8, 4) is 0 Å². The molecule has 25 heavy (non-hydrogen) atoms. The molecule has 132 valence electrons. The summed E-state index contributed by atoms with van der Waals surface area (Å²) in [5, 5.41) is 9.09. The molecule has 0 radical (unpaired) electrons. The van der Waals surface area contributed by atoms with Gasteiger partial charge in [0.05, 0.1) is 17.4 Å². The molecule has 0 saturated heterocycles. The van der Waals surface area contributed by atoms with Crippen molar-refractivity contribution in [1.82, 2.24) is 4.72 Å². The number of carboxylic acids is 1. The summed E-state index contributed by atoms with van der Waals surface area (Å²) in [6, 6.07) is 11.6. The van der Waals surface area contributed by atoms with Crippen molar-refractivity contribution >= 4 is 21.8 Å². The average molecular weight is 361 g/mol. The Bertz CT molecular complexity index is 871. The summed E-state index contributed by atoms with van der Waals surface area (Å²) in [7, 11) is -3.93. The van der Waals surface area contributed by atoms with Crippen LogP contribution in [0.15, 0.2) is 53.4 Å². The van der Waals surface area contributed by atoms with Crippen LogP contribution in [-0.4, -0.2) is 25.3 Å². The number of carbonyl (C=O) groups is 2. The number of aliphatic carboxylic acids is 1. The van der Waals surface area contributed by atoms with Crippen molar-refractivity contribution in [1.29, 1.82) is 0 Å². The highest BCUT2D eigenvalue weighted by molar-refractivity contribution is 7.89. The van der Waals surface area contributed by atoms with Gasteiger partial charge >= 0.3 is 5.97 Å². The van der Waals surface area contributed by atoms with Gasteiger partial charge < -0.3 is 5.11 Å². The maximum Gasteiger partial charge on any atom is 0.305 e. The third-order valence-electron chi connectivity index (χ3n) is 3.73. The van der Waals surface area contributed by atoms with Gasteiger partial charge in [-0.15, -0.1) is 0 Å². The molecule has 0 aromatic heterocycles. The summed E-state index contributed by atoms with van der Waals surface area (Å²) in [4.78, 5) is 22.4. The van der Waals surface area contributed by atoms with Crippen LogP contribution in [0, 0.1) is 6.92 Å². The highest BCUT2D eigenvalue weighted by Crippen LogP contribution is 2.21. The molecule has 2 aromatic rings. The summed E-state index contributed by atoms with van der Waals surface area (Å²) in [5.41, 5.74) is 1.96. The average Bonchev–Trinajstić information content (AvgIpc) is 2.54. The van der Waals surface area contributed by atoms with Gasteiger partial charge in [0.1, 0.15) is 0 Å². The molecular formula is C18H19NO5S. The third kappa shape index (κ3) is 4.98. The largest absolute Gasteiger partial charge is 0.481 e. The molecule has 2 N–H and O–H groups in total. The van der Waals surface area contributed by atoms with Crippen molar-refractivity contribution in [3.05, 3.63) is 65.2 Å². The molecule has 0 unspecified atom stereocenters. The first-order valence-corrected chi connectivity index (χ1v) is 9.09. The van der Waals surface area contributed by atoms with Gasteiger partial charge in [-0.1, -0.05) is 42.0 Å². The number of benzene rings is 2. The van der Waals surface area contributed by atoms with Crippen molar-refractivity contribution < 1.29 is 23.1 Å². The highest BCUT2D eigenvalue weighted by atomic mass is 32.2. The van der Waals surface area contributed by atoms with E-state index in [0.29, 0.717) is 11.1 Å². The Morgan fingerprint density at radius 3 is 2.08 bits per heavy atom. The van der Waals surface area contributed by atoms with Crippen LogP contribution in [0.3, 0.4) is 0 Å². The second-order valence-corrected chi connectivity index (χ2v) is 7.48. The van der Waals surface area contributed by atoms with Crippen LogP contribution in [0.2, 0.25) is 0 Å². The predicted octanol–water partition coefficient (Wildman–Crippen LogP) is 2.69. The first-order chi connectivity index (χ1) is 11.7. The van der Waals surface area contributed by atoms with Gasteiger partial charge in [-0.2, -0.15) is 0 Å². The quantitative estimate of drug-likeness (QED) is 0.739. The molecule has 7 heteroatoms. The number of nitrogens with one attached hydrogen (secondary N) is 1. The minimum absolute atomic E-state index is 0.0278. The summed E-state index contributed by atoms with van der Waals surface area (Å²) < 4.78 is 27.5. The topological polar surface area (TPSA) is 101 Å². The number of carbonyl (C=O) groups excluding carboxylic acids is 1. The van der Waals surface area contributed by atoms with Gasteiger partial charge in [0.2, 0.25) is 10.0 Å². The first-order valence-electron chi connectivity index (χ1n) is 7.61. The van der Waals surface area contributed by atoms with E-state index in [-0.39, 0.29) is 17.1 Å². The molecule has 2 aromatic carbocycles. The van der Waals surface area contributed by atoms with E-state index in [9.17, 15) is 18.0 Å². The van der Waals surface area contributed by atoms with Crippen molar-refractivity contribution in [2.75, 3.05) is 0 Å². The molecule has 2 rings (SSSR count). The molecule has 0 fully saturated rings. The number of ketones is 1. The number of rotatable bonds is 7. The molecular weight excluding hydrogens is 342 g/mol. The molecule has 0 heterocycles. The number of aryl methyl sites for hydroxylation is 1. The number of hydrogen-bond donors (Lipinski definition) is 2. The number of sulfonamides is 1. The molecule has 6 nitrogen and oxygen atoms in total. The smallest absolute Gasteiger partial charge is 0.305 e. The third-order valence-corrected chi connectivity index (χ3v) is 5.21. The van der Waals surface area contributed by atoms with Crippen LogP contribution >= 0.6 is 0 Å². The normalized spacial score (nSPS) is 12.6. The van der Waals surface area contributed by atoms with Gasteiger partial charge in [-0.3, -0.25) is 9.59 Å². The van der Waals surface area contributed by atoms with Crippen molar-refractivity contribution in [2.45, 2.75) is 31.2 Å². The highest BCUT2D eigenvalue weighted by Gasteiger charge is 2.23. The maximum absolute atomic E-state index is 12.6. The van der Waals surface area contributed by atoms with E-state index in [2.05, 4.69) is 4.72 Å². The standard InChI is InChI=1S/C18H19NO5S/c1-12-3-5-15(6-4-12)17(11-18(21)22)19-25(23,24)16-9-7-14(8-10-16)13(2)20/h3-10,17,19H,11H2,1-2H3,(H,21,22)/t17-/m1/s1. The van der Waals surface area contributed by atoms with Crippen LogP contribution < -0.4 is 4.72 Å². The van der Waals surface area contributed by atoms with E-state index < -0.39 is 22.0 Å². The fraction of sp³-hybridized carbons (Fsp3) is 0.222. The summed E-state index contributed by atoms with van der Waals surface area (Å²) in [6.07, 6.45) is -0.381. The van der Waals surface area contributed by atoms with Crippen molar-refractivity contribution in [2.24, 2.45) is 0 Å². The lowest BCUT2D eigenvalue weighted by Crippen LogP contribution is -2.30. The van der Waals surface area contributed by atoms with Crippen LogP contribution in [0.4, 0.5) is 0 Å².